The molecule has 72 valence electrons. The number of fused-ring (bicyclic) bond motifs is 2. The maximum absolute atomic E-state index is 5.38. The van der Waals surface area contributed by atoms with Crippen molar-refractivity contribution >= 4 is 0 Å². The van der Waals surface area contributed by atoms with Gasteiger partial charge in [-0.05, 0) is 44.1 Å². The van der Waals surface area contributed by atoms with Crippen molar-refractivity contribution in [3.05, 3.63) is 0 Å². The molecule has 0 radical (unpaired) electrons. The first-order chi connectivity index (χ1) is 6.35. The van der Waals surface area contributed by atoms with Crippen molar-refractivity contribution in [2.75, 3.05) is 7.05 Å². The van der Waals surface area contributed by atoms with Crippen molar-refractivity contribution in [2.45, 2.75) is 38.1 Å². The van der Waals surface area contributed by atoms with Gasteiger partial charge in [-0.15, -0.1) is 12.3 Å². The van der Waals surface area contributed by atoms with Crippen LogP contribution in [0.1, 0.15) is 32.1 Å². The molecule has 2 fully saturated rings. The van der Waals surface area contributed by atoms with Crippen molar-refractivity contribution in [3.63, 3.8) is 0 Å². The van der Waals surface area contributed by atoms with Gasteiger partial charge in [0.1, 0.15) is 0 Å². The molecule has 1 nitrogen and oxygen atoms in total. The monoisotopic (exact) mass is 177 g/mol. The predicted octanol–water partition coefficient (Wildman–Crippen LogP) is 2.03. The van der Waals surface area contributed by atoms with Gasteiger partial charge in [0.15, 0.2) is 0 Å². The summed E-state index contributed by atoms with van der Waals surface area (Å²) in [5.41, 5.74) is 0. The lowest BCUT2D eigenvalue weighted by atomic mass is 9.82. The van der Waals surface area contributed by atoms with Gasteiger partial charge in [0.2, 0.25) is 0 Å². The van der Waals surface area contributed by atoms with E-state index in [1.807, 2.05) is 7.05 Å². The molecular weight excluding hydrogens is 158 g/mol. The Morgan fingerprint density at radius 1 is 1.46 bits per heavy atom. The minimum atomic E-state index is 0.584. The second kappa shape index (κ2) is 3.72. The van der Waals surface area contributed by atoms with Gasteiger partial charge in [-0.2, -0.15) is 0 Å². The van der Waals surface area contributed by atoms with Crippen molar-refractivity contribution < 1.29 is 0 Å². The van der Waals surface area contributed by atoms with Crippen molar-refractivity contribution in [1.29, 1.82) is 0 Å². The molecule has 4 atom stereocenters. The highest BCUT2D eigenvalue weighted by atomic mass is 14.9. The molecule has 4 unspecified atom stereocenters. The molecule has 1 N–H and O–H groups in total. The third-order valence-electron chi connectivity index (χ3n) is 4.02. The van der Waals surface area contributed by atoms with E-state index in [4.69, 9.17) is 6.42 Å². The van der Waals surface area contributed by atoms with Gasteiger partial charge in [0.05, 0.1) is 0 Å². The topological polar surface area (TPSA) is 12.0 Å². The van der Waals surface area contributed by atoms with Crippen LogP contribution in [0.4, 0.5) is 0 Å². The third kappa shape index (κ3) is 1.60. The quantitative estimate of drug-likeness (QED) is 0.650. The number of hydrogen-bond acceptors (Lipinski definition) is 1. The average Bonchev–Trinajstić information content (AvgIpc) is 2.74. The summed E-state index contributed by atoms with van der Waals surface area (Å²) in [6.45, 7) is 0. The lowest BCUT2D eigenvalue weighted by molar-refractivity contribution is 0.259. The Hall–Kier alpha value is -0.480. The first kappa shape index (κ1) is 9.09. The Morgan fingerprint density at radius 3 is 2.77 bits per heavy atom. The van der Waals surface area contributed by atoms with E-state index < -0.39 is 0 Å². The van der Waals surface area contributed by atoms with Crippen LogP contribution < -0.4 is 5.32 Å². The summed E-state index contributed by atoms with van der Waals surface area (Å²) in [7, 11) is 2.05. The van der Waals surface area contributed by atoms with Crippen LogP contribution in [0.3, 0.4) is 0 Å². The SMILES string of the molecule is C#CCC(NC)C1CC2CCC1C2. The van der Waals surface area contributed by atoms with Crippen molar-refractivity contribution in [3.8, 4) is 12.3 Å². The Balaban J connectivity index is 1.96. The van der Waals surface area contributed by atoms with E-state index in [1.165, 1.54) is 25.7 Å². The summed E-state index contributed by atoms with van der Waals surface area (Å²) in [5.74, 6) is 5.68. The minimum Gasteiger partial charge on any atom is -0.316 e. The zero-order valence-electron chi connectivity index (χ0n) is 8.42. The predicted molar refractivity (Wildman–Crippen MR) is 55.2 cm³/mol. The van der Waals surface area contributed by atoms with E-state index in [0.717, 1.165) is 24.2 Å². The van der Waals surface area contributed by atoms with Gasteiger partial charge in [-0.3, -0.25) is 0 Å². The second-order valence-corrected chi connectivity index (χ2v) is 4.64. The van der Waals surface area contributed by atoms with Gasteiger partial charge in [-0.1, -0.05) is 6.42 Å². The number of terminal acetylenes is 1. The van der Waals surface area contributed by atoms with Crippen LogP contribution in [0.15, 0.2) is 0 Å². The highest BCUT2D eigenvalue weighted by Crippen LogP contribution is 2.49. The fourth-order valence-corrected chi connectivity index (χ4v) is 3.38. The fraction of sp³-hybridized carbons (Fsp3) is 0.833. The molecule has 0 aromatic carbocycles. The zero-order chi connectivity index (χ0) is 9.26. The van der Waals surface area contributed by atoms with Crippen LogP contribution in [-0.2, 0) is 0 Å². The Morgan fingerprint density at radius 2 is 2.31 bits per heavy atom. The van der Waals surface area contributed by atoms with E-state index in [-0.39, 0.29) is 0 Å². The van der Waals surface area contributed by atoms with Gasteiger partial charge in [0, 0.05) is 12.5 Å². The molecule has 0 saturated heterocycles. The summed E-state index contributed by atoms with van der Waals surface area (Å²) >= 11 is 0. The Labute approximate surface area is 81.3 Å². The maximum Gasteiger partial charge on any atom is 0.0243 e. The summed E-state index contributed by atoms with van der Waals surface area (Å²) in [6, 6.07) is 0.584. The van der Waals surface area contributed by atoms with E-state index >= 15 is 0 Å². The van der Waals surface area contributed by atoms with Gasteiger partial charge in [-0.25, -0.2) is 0 Å². The Bertz CT molecular complexity index is 216. The summed E-state index contributed by atoms with van der Waals surface area (Å²) in [4.78, 5) is 0. The molecule has 0 aromatic rings. The number of rotatable bonds is 3. The van der Waals surface area contributed by atoms with E-state index in [9.17, 15) is 0 Å². The Kier molecular flexibility index (Phi) is 2.60. The van der Waals surface area contributed by atoms with Crippen LogP contribution in [0, 0.1) is 30.1 Å². The van der Waals surface area contributed by atoms with Crippen molar-refractivity contribution in [1.82, 2.24) is 5.32 Å². The van der Waals surface area contributed by atoms with Crippen molar-refractivity contribution in [2.24, 2.45) is 17.8 Å². The van der Waals surface area contributed by atoms with Crippen LogP contribution in [0.25, 0.3) is 0 Å². The van der Waals surface area contributed by atoms with Crippen LogP contribution in [0.5, 0.6) is 0 Å². The van der Waals surface area contributed by atoms with Gasteiger partial charge in [0.25, 0.3) is 0 Å². The number of hydrogen-bond donors (Lipinski definition) is 1. The van der Waals surface area contributed by atoms with Crippen LogP contribution >= 0.6 is 0 Å². The molecule has 1 heteroatoms. The summed E-state index contributed by atoms with van der Waals surface area (Å²) in [5, 5.41) is 3.39. The van der Waals surface area contributed by atoms with Gasteiger partial charge >= 0.3 is 0 Å². The molecule has 2 aliphatic carbocycles. The van der Waals surface area contributed by atoms with E-state index in [0.29, 0.717) is 6.04 Å². The maximum atomic E-state index is 5.38. The molecule has 2 rings (SSSR count). The molecule has 0 spiro atoms. The fourth-order valence-electron chi connectivity index (χ4n) is 3.38. The molecule has 0 heterocycles. The van der Waals surface area contributed by atoms with Gasteiger partial charge < -0.3 is 5.32 Å². The standard InChI is InChI=1S/C12H19N/c1-3-4-12(13-2)11-8-9-5-6-10(11)7-9/h1,9-13H,4-8H2,2H3. The van der Waals surface area contributed by atoms with Crippen LogP contribution in [0.2, 0.25) is 0 Å². The molecule has 0 aliphatic heterocycles. The van der Waals surface area contributed by atoms with E-state index in [1.54, 1.807) is 0 Å². The molecule has 2 bridgehead atoms. The lowest BCUT2D eigenvalue weighted by Gasteiger charge is -2.29. The smallest absolute Gasteiger partial charge is 0.0243 e. The third-order valence-corrected chi connectivity index (χ3v) is 4.02. The average molecular weight is 177 g/mol. The molecule has 0 amide bonds. The molecule has 13 heavy (non-hydrogen) atoms. The molecule has 2 aliphatic rings. The molecule has 0 aromatic heterocycles. The molecular formula is C12H19N. The number of nitrogens with one attached hydrogen (secondary N) is 1. The zero-order valence-corrected chi connectivity index (χ0v) is 8.42. The molecule has 2 saturated carbocycles. The lowest BCUT2D eigenvalue weighted by Crippen LogP contribution is -2.36. The summed E-state index contributed by atoms with van der Waals surface area (Å²) < 4.78 is 0. The van der Waals surface area contributed by atoms with E-state index in [2.05, 4.69) is 11.2 Å². The highest BCUT2D eigenvalue weighted by molar-refractivity contribution is 4.99. The summed E-state index contributed by atoms with van der Waals surface area (Å²) in [6.07, 6.45) is 12.1. The first-order valence-corrected chi connectivity index (χ1v) is 5.46. The minimum absolute atomic E-state index is 0.584. The van der Waals surface area contributed by atoms with Crippen LogP contribution in [-0.4, -0.2) is 13.1 Å². The largest absolute Gasteiger partial charge is 0.316 e. The highest BCUT2D eigenvalue weighted by Gasteiger charge is 2.42. The normalized spacial score (nSPS) is 38.9. The first-order valence-electron chi connectivity index (χ1n) is 5.46. The second-order valence-electron chi connectivity index (χ2n) is 4.64.